The summed E-state index contributed by atoms with van der Waals surface area (Å²) in [6.07, 6.45) is 2.52. The molecule has 1 unspecified atom stereocenters. The number of aromatic nitrogens is 1. The summed E-state index contributed by atoms with van der Waals surface area (Å²) >= 11 is 1.24. The van der Waals surface area contributed by atoms with Gasteiger partial charge in [-0.1, -0.05) is 84.9 Å². The number of carbonyl (C=O) groups excluding carboxylic acids is 1. The lowest BCUT2D eigenvalue weighted by atomic mass is 9.81. The molecule has 204 valence electrons. The van der Waals surface area contributed by atoms with Crippen LogP contribution in [-0.2, 0) is 38.0 Å². The highest BCUT2D eigenvalue weighted by Crippen LogP contribution is 2.51. The van der Waals surface area contributed by atoms with Crippen LogP contribution in [0.5, 0.6) is 0 Å². The maximum absolute atomic E-state index is 13.7. The largest absolute Gasteiger partial charge is 0.507 e. The molecule has 3 aromatic carbocycles. The minimum Gasteiger partial charge on any atom is -0.507 e. The van der Waals surface area contributed by atoms with Crippen LogP contribution in [0.4, 0.5) is 0 Å². The molecule has 0 bridgehead atoms. The number of aliphatic hydroxyl groups is 1. The zero-order chi connectivity index (χ0) is 27.7. The van der Waals surface area contributed by atoms with E-state index in [1.54, 1.807) is 6.07 Å². The highest BCUT2D eigenvalue weighted by atomic mass is 32.2. The maximum atomic E-state index is 13.7. The molecule has 0 spiro atoms. The summed E-state index contributed by atoms with van der Waals surface area (Å²) in [6.45, 7) is 0. The lowest BCUT2D eigenvalue weighted by molar-refractivity contribution is -0.148. The Bertz CT molecular complexity index is 1600. The highest BCUT2D eigenvalue weighted by molar-refractivity contribution is 7.90. The number of sulfone groups is 1. The molecule has 1 aromatic heterocycles. The van der Waals surface area contributed by atoms with Gasteiger partial charge in [-0.15, -0.1) is 11.3 Å². The number of rotatable bonds is 10. The van der Waals surface area contributed by atoms with Gasteiger partial charge < -0.3 is 9.84 Å². The molecule has 0 saturated heterocycles. The average molecular weight is 572 g/mol. The quantitative estimate of drug-likeness (QED) is 0.228. The number of benzene rings is 3. The van der Waals surface area contributed by atoms with E-state index in [0.29, 0.717) is 18.4 Å². The topological polar surface area (TPSA) is 93.6 Å². The van der Waals surface area contributed by atoms with E-state index in [9.17, 15) is 18.3 Å². The van der Waals surface area contributed by atoms with Crippen LogP contribution in [0, 0.1) is 5.92 Å². The summed E-state index contributed by atoms with van der Waals surface area (Å²) in [7, 11) is -3.60. The summed E-state index contributed by atoms with van der Waals surface area (Å²) in [5.41, 5.74) is 3.89. The lowest BCUT2D eigenvalue weighted by Gasteiger charge is -2.29. The Morgan fingerprint density at radius 2 is 1.55 bits per heavy atom. The van der Waals surface area contributed by atoms with Crippen molar-refractivity contribution >= 4 is 27.1 Å². The fraction of sp³-hybridized carbons (Fsp3) is 0.250. The molecule has 1 fully saturated rings. The lowest BCUT2D eigenvalue weighted by Crippen LogP contribution is -2.37. The van der Waals surface area contributed by atoms with Crippen LogP contribution in [0.1, 0.15) is 41.0 Å². The highest BCUT2D eigenvalue weighted by Gasteiger charge is 2.52. The Morgan fingerprint density at radius 1 is 0.925 bits per heavy atom. The predicted octanol–water partition coefficient (Wildman–Crippen LogP) is 6.20. The molecule has 2 aliphatic rings. The molecule has 1 atom stereocenters. The van der Waals surface area contributed by atoms with E-state index in [1.807, 2.05) is 78.9 Å². The monoisotopic (exact) mass is 571 g/mol. The van der Waals surface area contributed by atoms with E-state index in [1.165, 1.54) is 22.2 Å². The first kappa shape index (κ1) is 26.5. The molecule has 1 saturated carbocycles. The van der Waals surface area contributed by atoms with Gasteiger partial charge in [-0.05, 0) is 41.0 Å². The number of hydrogen-bond acceptors (Lipinski definition) is 7. The second-order valence-corrected chi connectivity index (χ2v) is 13.3. The van der Waals surface area contributed by atoms with Crippen molar-refractivity contribution in [3.05, 3.63) is 129 Å². The number of cyclic esters (lactones) is 1. The second kappa shape index (κ2) is 10.7. The summed E-state index contributed by atoms with van der Waals surface area (Å²) in [5.74, 6) is -0.949. The van der Waals surface area contributed by atoms with Crippen molar-refractivity contribution in [1.82, 2.24) is 4.98 Å². The van der Waals surface area contributed by atoms with Crippen LogP contribution in [0.3, 0.4) is 0 Å². The third kappa shape index (κ3) is 5.33. The van der Waals surface area contributed by atoms with Crippen LogP contribution in [0.25, 0.3) is 0 Å². The molecule has 8 heteroatoms. The summed E-state index contributed by atoms with van der Waals surface area (Å²) in [5, 5.41) is 13.5. The van der Waals surface area contributed by atoms with Crippen LogP contribution < -0.4 is 0 Å². The predicted molar refractivity (Wildman–Crippen MR) is 154 cm³/mol. The van der Waals surface area contributed by atoms with E-state index in [-0.39, 0.29) is 33.9 Å². The first-order valence-electron chi connectivity index (χ1n) is 13.3. The van der Waals surface area contributed by atoms with E-state index < -0.39 is 21.4 Å². The minimum atomic E-state index is -3.60. The maximum Gasteiger partial charge on any atom is 0.339 e. The van der Waals surface area contributed by atoms with E-state index >= 15 is 0 Å². The van der Waals surface area contributed by atoms with Gasteiger partial charge in [0, 0.05) is 24.1 Å². The standard InChI is InChI=1S/C32H29NO5S2/c34-30-29(31(35)38-32(30,17-22-8-3-1-4-9-22)18-23-10-5-2-6-11-23)28(25-14-15-25)26-13-7-12-24(16-26)20-40(36,37)27-19-39-21-33-27/h1-13,16,19,21,25,28,34H,14-15,17-18,20H2. The number of aliphatic hydroxyl groups excluding tert-OH is 1. The normalized spacial score (nSPS) is 17.6. The molecule has 4 aromatic rings. The first-order valence-corrected chi connectivity index (χ1v) is 15.9. The number of hydrogen-bond donors (Lipinski definition) is 1. The second-order valence-electron chi connectivity index (χ2n) is 10.6. The molecule has 1 aliphatic carbocycles. The van der Waals surface area contributed by atoms with Gasteiger partial charge in [0.1, 0.15) is 5.76 Å². The van der Waals surface area contributed by atoms with Crippen molar-refractivity contribution in [3.8, 4) is 0 Å². The van der Waals surface area contributed by atoms with Gasteiger partial charge in [0.05, 0.1) is 16.8 Å². The molecule has 6 rings (SSSR count). The number of nitrogens with zero attached hydrogens (tertiary/aromatic N) is 1. The van der Waals surface area contributed by atoms with Crippen LogP contribution in [0.15, 0.2) is 112 Å². The van der Waals surface area contributed by atoms with Gasteiger partial charge in [-0.3, -0.25) is 0 Å². The van der Waals surface area contributed by atoms with Crippen LogP contribution >= 0.6 is 11.3 Å². The Kier molecular flexibility index (Phi) is 7.06. The number of ether oxygens (including phenoxy) is 1. The SMILES string of the molecule is O=C1OC(Cc2ccccc2)(Cc2ccccc2)C(O)=C1C(c1cccc(CS(=O)(=O)c2cscn2)c1)C1CC1. The van der Waals surface area contributed by atoms with Crippen LogP contribution in [0.2, 0.25) is 0 Å². The fourth-order valence-corrected chi connectivity index (χ4v) is 7.89. The van der Waals surface area contributed by atoms with Crippen molar-refractivity contribution in [1.29, 1.82) is 0 Å². The Morgan fingerprint density at radius 3 is 2.12 bits per heavy atom. The Hall–Kier alpha value is -3.75. The number of thiazole rings is 1. The zero-order valence-electron chi connectivity index (χ0n) is 21.8. The van der Waals surface area contributed by atoms with Crippen molar-refractivity contribution in [3.63, 3.8) is 0 Å². The van der Waals surface area contributed by atoms with Gasteiger partial charge in [0.15, 0.2) is 10.6 Å². The van der Waals surface area contributed by atoms with E-state index in [4.69, 9.17) is 4.74 Å². The van der Waals surface area contributed by atoms with E-state index in [0.717, 1.165) is 29.5 Å². The molecule has 1 aliphatic heterocycles. The molecule has 1 N–H and O–H groups in total. The average Bonchev–Trinajstić information content (AvgIpc) is 3.55. The summed E-state index contributed by atoms with van der Waals surface area (Å²) in [6, 6.07) is 26.8. The minimum absolute atomic E-state index is 0.0254. The van der Waals surface area contributed by atoms with E-state index in [2.05, 4.69) is 4.98 Å². The van der Waals surface area contributed by atoms with Gasteiger partial charge in [0.2, 0.25) is 9.84 Å². The Balaban J connectivity index is 1.39. The molecule has 0 radical (unpaired) electrons. The third-order valence-electron chi connectivity index (χ3n) is 7.66. The Labute approximate surface area is 237 Å². The van der Waals surface area contributed by atoms with Gasteiger partial charge in [-0.2, -0.15) is 0 Å². The van der Waals surface area contributed by atoms with Crippen LogP contribution in [-0.4, -0.2) is 30.1 Å². The van der Waals surface area contributed by atoms with Crippen molar-refractivity contribution in [2.24, 2.45) is 5.92 Å². The molecule has 2 heterocycles. The zero-order valence-corrected chi connectivity index (χ0v) is 23.4. The molecule has 40 heavy (non-hydrogen) atoms. The summed E-state index contributed by atoms with van der Waals surface area (Å²) < 4.78 is 32.0. The fourth-order valence-electron chi connectivity index (χ4n) is 5.68. The van der Waals surface area contributed by atoms with Gasteiger partial charge in [-0.25, -0.2) is 18.2 Å². The molecular weight excluding hydrogens is 542 g/mol. The molecular formula is C32H29NO5S2. The number of carbonyl (C=O) groups is 1. The first-order chi connectivity index (χ1) is 19.3. The van der Waals surface area contributed by atoms with Crippen molar-refractivity contribution < 1.29 is 23.1 Å². The molecule has 6 nitrogen and oxygen atoms in total. The third-order valence-corrected chi connectivity index (χ3v) is 9.97. The molecule has 0 amide bonds. The van der Waals surface area contributed by atoms with Crippen molar-refractivity contribution in [2.45, 2.75) is 48.0 Å². The van der Waals surface area contributed by atoms with Crippen molar-refractivity contribution in [2.75, 3.05) is 0 Å². The van der Waals surface area contributed by atoms with Gasteiger partial charge >= 0.3 is 5.97 Å². The smallest absolute Gasteiger partial charge is 0.339 e. The summed E-state index contributed by atoms with van der Waals surface area (Å²) in [4.78, 5) is 17.6. The number of esters is 1. The van der Waals surface area contributed by atoms with Gasteiger partial charge in [0.25, 0.3) is 0 Å².